The monoisotopic (exact) mass is 364 g/mol. The van der Waals surface area contributed by atoms with Crippen LogP contribution in [0.3, 0.4) is 0 Å². The summed E-state index contributed by atoms with van der Waals surface area (Å²) in [7, 11) is 0. The van der Waals surface area contributed by atoms with E-state index in [2.05, 4.69) is 29.5 Å². The number of amides is 2. The number of hydrogen-bond acceptors (Lipinski definition) is 3. The Morgan fingerprint density at radius 2 is 1.67 bits per heavy atom. The lowest BCUT2D eigenvalue weighted by Gasteiger charge is -2.08. The van der Waals surface area contributed by atoms with E-state index < -0.39 is 0 Å². The predicted molar refractivity (Wildman–Crippen MR) is 105 cm³/mol. The van der Waals surface area contributed by atoms with Gasteiger partial charge in [-0.1, -0.05) is 13.8 Å². The summed E-state index contributed by atoms with van der Waals surface area (Å²) in [4.78, 5) is 28.6. The van der Waals surface area contributed by atoms with E-state index in [1.54, 1.807) is 30.5 Å². The van der Waals surface area contributed by atoms with Gasteiger partial charge in [0.05, 0.1) is 0 Å². The molecule has 27 heavy (non-hydrogen) atoms. The molecule has 0 radical (unpaired) electrons. The van der Waals surface area contributed by atoms with Gasteiger partial charge in [0, 0.05) is 42.8 Å². The van der Waals surface area contributed by atoms with E-state index in [-0.39, 0.29) is 11.8 Å². The minimum absolute atomic E-state index is 0.115. The van der Waals surface area contributed by atoms with Crippen LogP contribution in [0, 0.1) is 5.92 Å². The lowest BCUT2D eigenvalue weighted by molar-refractivity contribution is 0.0939. The first-order valence-electron chi connectivity index (χ1n) is 9.11. The van der Waals surface area contributed by atoms with E-state index >= 15 is 0 Å². The summed E-state index contributed by atoms with van der Waals surface area (Å²) in [6.07, 6.45) is 6.46. The van der Waals surface area contributed by atoms with Crippen LogP contribution in [0.5, 0.6) is 0 Å². The van der Waals surface area contributed by atoms with Gasteiger partial charge in [0.2, 0.25) is 0 Å². The van der Waals surface area contributed by atoms with Crippen LogP contribution in [0.4, 0.5) is 0 Å². The smallest absolute Gasteiger partial charge is 0.251 e. The first-order chi connectivity index (χ1) is 13.0. The van der Waals surface area contributed by atoms with Crippen LogP contribution >= 0.6 is 0 Å². The molecular weight excluding hydrogens is 340 g/mol. The number of rotatable bonds is 7. The molecule has 0 atom stereocenters. The number of nitrogens with one attached hydrogen (secondary N) is 2. The molecule has 2 aromatic heterocycles. The van der Waals surface area contributed by atoms with Crippen LogP contribution in [0.15, 0.2) is 55.0 Å². The summed E-state index contributed by atoms with van der Waals surface area (Å²) in [5.41, 5.74) is 2.90. The minimum Gasteiger partial charge on any atom is -0.352 e. The molecule has 0 fully saturated rings. The number of benzene rings is 1. The highest BCUT2D eigenvalue weighted by molar-refractivity contribution is 5.97. The number of pyridine rings is 1. The Morgan fingerprint density at radius 3 is 2.33 bits per heavy atom. The van der Waals surface area contributed by atoms with Crippen molar-refractivity contribution in [3.63, 3.8) is 0 Å². The maximum Gasteiger partial charge on any atom is 0.251 e. The fourth-order valence-corrected chi connectivity index (χ4v) is 2.70. The Hall–Kier alpha value is -3.15. The molecule has 2 amide bonds. The molecule has 6 heteroatoms. The molecule has 1 aromatic carbocycles. The van der Waals surface area contributed by atoms with E-state index in [1.807, 2.05) is 28.9 Å². The fourth-order valence-electron chi connectivity index (χ4n) is 2.70. The van der Waals surface area contributed by atoms with E-state index in [1.165, 1.54) is 0 Å². The Kier molecular flexibility index (Phi) is 5.86. The summed E-state index contributed by atoms with van der Waals surface area (Å²) >= 11 is 0. The summed E-state index contributed by atoms with van der Waals surface area (Å²) in [6, 6.07) is 10.6. The average Bonchev–Trinajstić information content (AvgIpc) is 3.13. The highest BCUT2D eigenvalue weighted by atomic mass is 16.2. The second kappa shape index (κ2) is 8.49. The normalized spacial score (nSPS) is 10.9. The molecular formula is C21H24N4O2. The summed E-state index contributed by atoms with van der Waals surface area (Å²) < 4.78 is 1.91. The van der Waals surface area contributed by atoms with Gasteiger partial charge in [-0.2, -0.15) is 0 Å². The van der Waals surface area contributed by atoms with Gasteiger partial charge in [0.15, 0.2) is 0 Å². The highest BCUT2D eigenvalue weighted by Crippen LogP contribution is 2.08. The quantitative estimate of drug-likeness (QED) is 0.677. The third kappa shape index (κ3) is 4.94. The summed E-state index contributed by atoms with van der Waals surface area (Å²) in [5, 5.41) is 5.78. The second-order valence-corrected chi connectivity index (χ2v) is 6.93. The number of hydrogen-bond donors (Lipinski definition) is 2. The Morgan fingerprint density at radius 1 is 1.00 bits per heavy atom. The van der Waals surface area contributed by atoms with Gasteiger partial charge < -0.3 is 15.0 Å². The number of nitrogens with zero attached hydrogens (tertiary/aromatic N) is 2. The zero-order chi connectivity index (χ0) is 19.2. The van der Waals surface area contributed by atoms with Crippen LogP contribution in [0.25, 0.3) is 5.65 Å². The van der Waals surface area contributed by atoms with Gasteiger partial charge in [-0.15, -0.1) is 0 Å². The van der Waals surface area contributed by atoms with Gasteiger partial charge in [0.1, 0.15) is 5.65 Å². The molecule has 0 unspecified atom stereocenters. The van der Waals surface area contributed by atoms with Gasteiger partial charge in [-0.25, -0.2) is 4.98 Å². The SMILES string of the molecule is CC(C)CCNC(=O)c1ccc(C(=O)NCc2ccn3ccnc3c2)cc1. The molecule has 2 N–H and O–H groups in total. The number of imidazole rings is 1. The van der Waals surface area contributed by atoms with Crippen molar-refractivity contribution in [2.24, 2.45) is 5.92 Å². The molecule has 3 rings (SSSR count). The largest absolute Gasteiger partial charge is 0.352 e. The molecule has 6 nitrogen and oxygen atoms in total. The van der Waals surface area contributed by atoms with Crippen LogP contribution < -0.4 is 10.6 Å². The Balaban J connectivity index is 1.54. The van der Waals surface area contributed by atoms with Crippen LogP contribution in [0.1, 0.15) is 46.5 Å². The molecule has 0 bridgehead atoms. The average molecular weight is 364 g/mol. The molecule has 3 aromatic rings. The van der Waals surface area contributed by atoms with Crippen molar-refractivity contribution in [3.05, 3.63) is 71.7 Å². The van der Waals surface area contributed by atoms with Crippen molar-refractivity contribution in [2.75, 3.05) is 6.54 Å². The first kappa shape index (κ1) is 18.6. The van der Waals surface area contributed by atoms with Crippen molar-refractivity contribution in [3.8, 4) is 0 Å². The molecule has 0 saturated carbocycles. The van der Waals surface area contributed by atoms with E-state index in [4.69, 9.17) is 0 Å². The number of carbonyl (C=O) groups excluding carboxylic acids is 2. The fraction of sp³-hybridized carbons (Fsp3) is 0.286. The molecule has 0 saturated heterocycles. The predicted octanol–water partition coefficient (Wildman–Crippen LogP) is 3.04. The van der Waals surface area contributed by atoms with Gasteiger partial charge in [0.25, 0.3) is 11.8 Å². The van der Waals surface area contributed by atoms with E-state index in [9.17, 15) is 9.59 Å². The molecule has 0 aliphatic rings. The lowest BCUT2D eigenvalue weighted by atomic mass is 10.1. The third-order valence-electron chi connectivity index (χ3n) is 4.33. The van der Waals surface area contributed by atoms with Gasteiger partial charge in [-0.05, 0) is 54.3 Å². The van der Waals surface area contributed by atoms with Gasteiger partial charge in [-0.3, -0.25) is 9.59 Å². The van der Waals surface area contributed by atoms with Crippen LogP contribution in [-0.4, -0.2) is 27.7 Å². The van der Waals surface area contributed by atoms with Crippen molar-refractivity contribution >= 4 is 17.5 Å². The van der Waals surface area contributed by atoms with E-state index in [0.29, 0.717) is 30.1 Å². The first-order valence-corrected chi connectivity index (χ1v) is 9.11. The number of carbonyl (C=O) groups is 2. The van der Waals surface area contributed by atoms with Gasteiger partial charge >= 0.3 is 0 Å². The Labute approximate surface area is 158 Å². The number of fused-ring (bicyclic) bond motifs is 1. The number of aromatic nitrogens is 2. The topological polar surface area (TPSA) is 75.5 Å². The lowest BCUT2D eigenvalue weighted by Crippen LogP contribution is -2.26. The molecule has 0 aliphatic carbocycles. The van der Waals surface area contributed by atoms with Crippen LogP contribution in [0.2, 0.25) is 0 Å². The maximum absolute atomic E-state index is 12.3. The van der Waals surface area contributed by atoms with Crippen LogP contribution in [-0.2, 0) is 6.54 Å². The molecule has 140 valence electrons. The van der Waals surface area contributed by atoms with Crippen molar-refractivity contribution in [1.29, 1.82) is 0 Å². The van der Waals surface area contributed by atoms with Crippen molar-refractivity contribution in [2.45, 2.75) is 26.8 Å². The molecule has 0 aliphatic heterocycles. The standard InChI is InChI=1S/C21H24N4O2/c1-15(2)7-9-23-20(26)17-3-5-18(6-4-17)21(27)24-14-16-8-11-25-12-10-22-19(25)13-16/h3-6,8,10-13,15H,7,9,14H2,1-2H3,(H,23,26)(H,24,27). The second-order valence-electron chi connectivity index (χ2n) is 6.93. The van der Waals surface area contributed by atoms with Crippen molar-refractivity contribution < 1.29 is 9.59 Å². The molecule has 0 spiro atoms. The highest BCUT2D eigenvalue weighted by Gasteiger charge is 2.09. The maximum atomic E-state index is 12.3. The zero-order valence-corrected chi connectivity index (χ0v) is 15.6. The summed E-state index contributed by atoms with van der Waals surface area (Å²) in [6.45, 7) is 5.30. The minimum atomic E-state index is -0.176. The third-order valence-corrected chi connectivity index (χ3v) is 4.33. The zero-order valence-electron chi connectivity index (χ0n) is 15.6. The Bertz CT molecular complexity index is 929. The van der Waals surface area contributed by atoms with Crippen molar-refractivity contribution in [1.82, 2.24) is 20.0 Å². The summed E-state index contributed by atoms with van der Waals surface area (Å²) in [5.74, 6) is 0.256. The van der Waals surface area contributed by atoms with E-state index in [0.717, 1.165) is 17.6 Å². The molecule has 2 heterocycles.